The molecule has 6 atom stereocenters. The van der Waals surface area contributed by atoms with Crippen LogP contribution < -0.4 is 0 Å². The topological polar surface area (TPSA) is 113 Å². The Morgan fingerprint density at radius 3 is 1.02 bits per heavy atom. The van der Waals surface area contributed by atoms with Crippen LogP contribution in [0.4, 0.5) is 0 Å². The van der Waals surface area contributed by atoms with Gasteiger partial charge in [-0.2, -0.15) is 0 Å². The zero-order valence-corrected chi connectivity index (χ0v) is 29.0. The average Bonchev–Trinajstić information content (AvgIpc) is 3.19. The van der Waals surface area contributed by atoms with E-state index in [0.29, 0.717) is 0 Å². The number of rotatable bonds is 17. The minimum Gasteiger partial charge on any atom is -0.387 e. The molecule has 5 aromatic carbocycles. The molecule has 51 heavy (non-hydrogen) atoms. The summed E-state index contributed by atoms with van der Waals surface area (Å²) in [6.07, 6.45) is -7.71. The maximum absolute atomic E-state index is 14.6. The van der Waals surface area contributed by atoms with Gasteiger partial charge in [0.1, 0.15) is 36.6 Å². The highest BCUT2D eigenvalue weighted by molar-refractivity contribution is 7.48. The lowest BCUT2D eigenvalue weighted by molar-refractivity contribution is -0.261. The van der Waals surface area contributed by atoms with Crippen molar-refractivity contribution in [3.05, 3.63) is 179 Å². The van der Waals surface area contributed by atoms with Crippen LogP contribution in [0.25, 0.3) is 0 Å². The van der Waals surface area contributed by atoms with Gasteiger partial charge in [-0.25, -0.2) is 4.57 Å². The predicted molar refractivity (Wildman–Crippen MR) is 192 cm³/mol. The first-order valence-electron chi connectivity index (χ1n) is 17.0. The molecule has 1 aliphatic rings. The fraction of sp³-hybridized carbons (Fsp3) is 0.268. The first-order valence-corrected chi connectivity index (χ1v) is 18.4. The van der Waals surface area contributed by atoms with Crippen molar-refractivity contribution < 1.29 is 42.6 Å². The lowest BCUT2D eigenvalue weighted by Gasteiger charge is -2.47. The Morgan fingerprint density at radius 2 is 0.667 bits per heavy atom. The third-order valence-electron chi connectivity index (χ3n) is 8.57. The lowest BCUT2D eigenvalue weighted by atomic mass is 9.84. The van der Waals surface area contributed by atoms with Crippen LogP contribution in [0.2, 0.25) is 0 Å². The van der Waals surface area contributed by atoms with Crippen molar-refractivity contribution >= 4 is 7.82 Å². The summed E-state index contributed by atoms with van der Waals surface area (Å²) in [4.78, 5) is 0. The molecule has 1 aliphatic carbocycles. The Kier molecular flexibility index (Phi) is 13.3. The molecule has 266 valence electrons. The van der Waals surface area contributed by atoms with Gasteiger partial charge in [0, 0.05) is 0 Å². The molecule has 9 nitrogen and oxygen atoms in total. The third-order valence-corrected chi connectivity index (χ3v) is 9.96. The number of phosphoric ester groups is 1. The maximum atomic E-state index is 14.6. The standard InChI is InChI=1S/C41H43O9P/c42-36-37(43)39(50-51(44,48-29-34-22-12-4-13-23-34)49-30-35-24-14-5-15-25-35)41(47-28-33-20-10-3-11-21-33)40(46-27-32-18-8-2-9-19-32)38(36)45-26-31-16-6-1-7-17-31/h1-25,36-43H,26-30H2/t36-,37+,38+,39+,40-,41-/m1/s1. The van der Waals surface area contributed by atoms with E-state index in [9.17, 15) is 14.8 Å². The zero-order chi connectivity index (χ0) is 35.3. The van der Waals surface area contributed by atoms with Crippen LogP contribution >= 0.6 is 7.82 Å². The monoisotopic (exact) mass is 710 g/mol. The highest BCUT2D eigenvalue weighted by Gasteiger charge is 2.55. The Labute approximate surface area is 298 Å². The number of phosphoric acid groups is 1. The quantitative estimate of drug-likeness (QED) is 0.0954. The molecular formula is C41H43O9P. The van der Waals surface area contributed by atoms with Crippen molar-refractivity contribution in [2.45, 2.75) is 69.7 Å². The van der Waals surface area contributed by atoms with Gasteiger partial charge >= 0.3 is 7.82 Å². The summed E-state index contributed by atoms with van der Waals surface area (Å²) in [6, 6.07) is 47.0. The number of aliphatic hydroxyl groups excluding tert-OH is 2. The predicted octanol–water partition coefficient (Wildman–Crippen LogP) is 7.40. The van der Waals surface area contributed by atoms with Crippen LogP contribution in [0.15, 0.2) is 152 Å². The normalized spacial score (nSPS) is 22.1. The molecule has 0 radical (unpaired) electrons. The summed E-state index contributed by atoms with van der Waals surface area (Å²) in [6.45, 7) is 0.195. The Hall–Kier alpha value is -3.99. The van der Waals surface area contributed by atoms with Gasteiger partial charge in [-0.15, -0.1) is 0 Å². The van der Waals surface area contributed by atoms with Crippen LogP contribution in [0, 0.1) is 0 Å². The number of aliphatic hydroxyl groups is 2. The van der Waals surface area contributed by atoms with Crippen molar-refractivity contribution in [1.82, 2.24) is 0 Å². The van der Waals surface area contributed by atoms with E-state index in [0.717, 1.165) is 27.8 Å². The second-order valence-electron chi connectivity index (χ2n) is 12.3. The van der Waals surface area contributed by atoms with E-state index in [4.69, 9.17) is 27.8 Å². The summed E-state index contributed by atoms with van der Waals surface area (Å²) in [5.74, 6) is 0. The zero-order valence-electron chi connectivity index (χ0n) is 28.1. The fourth-order valence-corrected chi connectivity index (χ4v) is 7.20. The van der Waals surface area contributed by atoms with Crippen molar-refractivity contribution in [3.63, 3.8) is 0 Å². The number of ether oxygens (including phenoxy) is 3. The molecule has 0 spiro atoms. The molecule has 6 rings (SSSR count). The molecule has 0 aromatic heterocycles. The molecule has 0 unspecified atom stereocenters. The largest absolute Gasteiger partial charge is 0.475 e. The first-order chi connectivity index (χ1) is 25.0. The number of hydrogen-bond donors (Lipinski definition) is 2. The molecule has 2 N–H and O–H groups in total. The molecular weight excluding hydrogens is 667 g/mol. The minimum atomic E-state index is -4.45. The molecule has 5 aromatic rings. The molecule has 0 heterocycles. The maximum Gasteiger partial charge on any atom is 0.475 e. The second kappa shape index (κ2) is 18.5. The Morgan fingerprint density at radius 1 is 0.392 bits per heavy atom. The molecule has 1 fully saturated rings. The molecule has 10 heteroatoms. The van der Waals surface area contributed by atoms with Crippen molar-refractivity contribution in [2.24, 2.45) is 0 Å². The SMILES string of the molecule is O=P(OCc1ccccc1)(OCc1ccccc1)O[C@H]1[C@@H](O)[C@@H](O)[C@H](OCc2ccccc2)[C@@H](OCc2ccccc2)[C@@H]1OCc1ccccc1. The molecule has 1 saturated carbocycles. The Bertz CT molecular complexity index is 1720. The first kappa shape index (κ1) is 36.8. The smallest absolute Gasteiger partial charge is 0.387 e. The summed E-state index contributed by atoms with van der Waals surface area (Å²) in [5, 5.41) is 23.5. The molecule has 0 amide bonds. The van der Waals surface area contributed by atoms with Gasteiger partial charge in [0.15, 0.2) is 0 Å². The summed E-state index contributed by atoms with van der Waals surface area (Å²) >= 11 is 0. The van der Waals surface area contributed by atoms with Crippen molar-refractivity contribution in [1.29, 1.82) is 0 Å². The molecule has 0 saturated heterocycles. The van der Waals surface area contributed by atoms with Crippen molar-refractivity contribution in [2.75, 3.05) is 0 Å². The minimum absolute atomic E-state index is 0.0927. The van der Waals surface area contributed by atoms with Gasteiger partial charge in [0.25, 0.3) is 0 Å². The average molecular weight is 711 g/mol. The van der Waals surface area contributed by atoms with E-state index in [2.05, 4.69) is 0 Å². The van der Waals surface area contributed by atoms with Gasteiger partial charge in [-0.3, -0.25) is 13.6 Å². The molecule has 0 aliphatic heterocycles. The van der Waals surface area contributed by atoms with E-state index >= 15 is 0 Å². The third kappa shape index (κ3) is 10.5. The van der Waals surface area contributed by atoms with E-state index in [1.807, 2.05) is 152 Å². The highest BCUT2D eigenvalue weighted by Crippen LogP contribution is 2.54. The number of benzene rings is 5. The van der Waals surface area contributed by atoms with Crippen LogP contribution in [0.5, 0.6) is 0 Å². The molecule has 0 bridgehead atoms. The Balaban J connectivity index is 1.33. The van der Waals surface area contributed by atoms with E-state index in [-0.39, 0.29) is 33.0 Å². The summed E-state index contributed by atoms with van der Waals surface area (Å²) in [5.41, 5.74) is 4.08. The van der Waals surface area contributed by atoms with Gasteiger partial charge in [-0.1, -0.05) is 152 Å². The van der Waals surface area contributed by atoms with Crippen LogP contribution in [-0.2, 0) is 65.4 Å². The highest BCUT2D eigenvalue weighted by atomic mass is 31.2. The fourth-order valence-electron chi connectivity index (χ4n) is 5.85. The van der Waals surface area contributed by atoms with Crippen LogP contribution in [0.3, 0.4) is 0 Å². The van der Waals surface area contributed by atoms with E-state index in [1.165, 1.54) is 0 Å². The summed E-state index contributed by atoms with van der Waals surface area (Å²) in [7, 11) is -4.45. The van der Waals surface area contributed by atoms with Gasteiger partial charge in [0.2, 0.25) is 0 Å². The number of hydrogen-bond acceptors (Lipinski definition) is 9. The van der Waals surface area contributed by atoms with E-state index < -0.39 is 44.4 Å². The van der Waals surface area contributed by atoms with Gasteiger partial charge in [-0.05, 0) is 27.8 Å². The van der Waals surface area contributed by atoms with E-state index in [1.54, 1.807) is 0 Å². The van der Waals surface area contributed by atoms with Gasteiger partial charge < -0.3 is 24.4 Å². The lowest BCUT2D eigenvalue weighted by Crippen LogP contribution is -2.66. The summed E-state index contributed by atoms with van der Waals surface area (Å²) < 4.78 is 52.0. The van der Waals surface area contributed by atoms with Gasteiger partial charge in [0.05, 0.1) is 33.0 Å². The van der Waals surface area contributed by atoms with Crippen LogP contribution in [-0.4, -0.2) is 46.8 Å². The van der Waals surface area contributed by atoms with Crippen molar-refractivity contribution in [3.8, 4) is 0 Å². The van der Waals surface area contributed by atoms with Crippen LogP contribution in [0.1, 0.15) is 27.8 Å². The second-order valence-corrected chi connectivity index (χ2v) is 13.9.